The SMILES string of the molecule is CCCO/N=C(/C(=O)NC1C(=O)N2C(C(=O)O)=C(COC(N)=O)CS[C@H]12)c1csc(N)n1. The number of carboxylic acid groups (broad SMARTS) is 1. The van der Waals surface area contributed by atoms with E-state index in [1.54, 1.807) is 0 Å². The molecule has 1 aromatic rings. The number of aliphatic carboxylic acids is 1. The number of anilines is 1. The summed E-state index contributed by atoms with van der Waals surface area (Å²) in [4.78, 5) is 58.4. The third kappa shape index (κ3) is 4.77. The van der Waals surface area contributed by atoms with Crippen LogP contribution < -0.4 is 16.8 Å². The minimum Gasteiger partial charge on any atom is -0.477 e. The van der Waals surface area contributed by atoms with Crippen LogP contribution in [-0.4, -0.2) is 75.0 Å². The maximum absolute atomic E-state index is 12.8. The maximum atomic E-state index is 12.8. The van der Waals surface area contributed by atoms with Crippen LogP contribution in [0.2, 0.25) is 0 Å². The number of carbonyl (C=O) groups excluding carboxylic acids is 3. The van der Waals surface area contributed by atoms with Gasteiger partial charge in [-0.25, -0.2) is 14.6 Å². The molecule has 0 radical (unpaired) electrons. The van der Waals surface area contributed by atoms with Gasteiger partial charge in [0.15, 0.2) is 10.8 Å². The van der Waals surface area contributed by atoms with Gasteiger partial charge in [-0.3, -0.25) is 14.5 Å². The van der Waals surface area contributed by atoms with E-state index >= 15 is 0 Å². The Morgan fingerprint density at radius 1 is 1.44 bits per heavy atom. The highest BCUT2D eigenvalue weighted by Gasteiger charge is 2.54. The first-order valence-electron chi connectivity index (χ1n) is 9.29. The van der Waals surface area contributed by atoms with Crippen molar-refractivity contribution in [3.63, 3.8) is 0 Å². The molecule has 3 heterocycles. The van der Waals surface area contributed by atoms with E-state index < -0.39 is 35.3 Å². The Balaban J connectivity index is 1.77. The summed E-state index contributed by atoms with van der Waals surface area (Å²) in [6.45, 7) is 1.79. The summed E-state index contributed by atoms with van der Waals surface area (Å²) in [5.41, 5.74) is 10.5. The van der Waals surface area contributed by atoms with E-state index in [4.69, 9.17) is 16.3 Å². The zero-order valence-corrected chi connectivity index (χ0v) is 18.4. The fourth-order valence-corrected chi connectivity index (χ4v) is 4.84. The molecule has 172 valence electrons. The molecule has 3 amide bonds. The van der Waals surface area contributed by atoms with Crippen LogP contribution in [0.15, 0.2) is 21.8 Å². The normalized spacial score (nSPS) is 20.3. The zero-order chi connectivity index (χ0) is 23.4. The molecular weight excluding hydrogens is 464 g/mol. The van der Waals surface area contributed by atoms with Crippen molar-refractivity contribution in [3.05, 3.63) is 22.3 Å². The molecule has 13 nitrogen and oxygen atoms in total. The van der Waals surface area contributed by atoms with Crippen molar-refractivity contribution < 1.29 is 33.9 Å². The second kappa shape index (κ2) is 9.86. The minimum absolute atomic E-state index is 0.150. The highest BCUT2D eigenvalue weighted by Crippen LogP contribution is 2.40. The molecule has 6 N–H and O–H groups in total. The second-order valence-corrected chi connectivity index (χ2v) is 8.56. The largest absolute Gasteiger partial charge is 0.477 e. The summed E-state index contributed by atoms with van der Waals surface area (Å²) in [5.74, 6) is -2.53. The summed E-state index contributed by atoms with van der Waals surface area (Å²) < 4.78 is 4.68. The summed E-state index contributed by atoms with van der Waals surface area (Å²) in [6, 6.07) is -0.993. The molecule has 0 aliphatic carbocycles. The van der Waals surface area contributed by atoms with Gasteiger partial charge in [-0.05, 0) is 6.42 Å². The van der Waals surface area contributed by atoms with Gasteiger partial charge in [-0.1, -0.05) is 12.1 Å². The van der Waals surface area contributed by atoms with Crippen LogP contribution in [0.4, 0.5) is 9.93 Å². The van der Waals surface area contributed by atoms with Crippen LogP contribution >= 0.6 is 23.1 Å². The fourth-order valence-electron chi connectivity index (χ4n) is 2.96. The minimum atomic E-state index is -1.36. The number of aromatic nitrogens is 1. The first-order valence-corrected chi connectivity index (χ1v) is 11.2. The molecular formula is C17H20N6O7S2. The van der Waals surface area contributed by atoms with Crippen molar-refractivity contribution in [2.24, 2.45) is 10.9 Å². The number of primary amides is 1. The molecule has 2 aliphatic heterocycles. The number of fused-ring (bicyclic) bond motifs is 1. The van der Waals surface area contributed by atoms with Crippen LogP contribution in [0.5, 0.6) is 0 Å². The Kier molecular flexibility index (Phi) is 7.19. The topological polar surface area (TPSA) is 200 Å². The van der Waals surface area contributed by atoms with E-state index in [1.807, 2.05) is 6.92 Å². The standard InChI is InChI=1S/C17H20N6O7S2/c1-2-3-30-22-9(8-6-32-16(18)20-8)12(24)21-10-13(25)23-11(15(26)27)7(4-29-17(19)28)5-31-14(10)23/h6,10,14H,2-5H2,1H3,(H2,18,20)(H2,19,28)(H,21,24)(H,26,27)/b22-9+/t10?,14-/m1/s1. The summed E-state index contributed by atoms with van der Waals surface area (Å²) in [6.07, 6.45) is -0.396. The van der Waals surface area contributed by atoms with Crippen LogP contribution in [0.3, 0.4) is 0 Å². The van der Waals surface area contributed by atoms with Gasteiger partial charge in [0.25, 0.3) is 11.8 Å². The molecule has 1 unspecified atom stereocenters. The van der Waals surface area contributed by atoms with Crippen LogP contribution in [0.1, 0.15) is 19.0 Å². The van der Waals surface area contributed by atoms with E-state index in [2.05, 4.69) is 20.2 Å². The molecule has 15 heteroatoms. The number of thioether (sulfide) groups is 1. The number of ether oxygens (including phenoxy) is 1. The lowest BCUT2D eigenvalue weighted by molar-refractivity contribution is -0.150. The number of hydrogen-bond donors (Lipinski definition) is 4. The fraction of sp³-hybridized carbons (Fsp3) is 0.412. The van der Waals surface area contributed by atoms with E-state index in [0.29, 0.717) is 6.42 Å². The Morgan fingerprint density at radius 2 is 2.19 bits per heavy atom. The number of hydrogen-bond acceptors (Lipinski definition) is 11. The lowest BCUT2D eigenvalue weighted by Crippen LogP contribution is -2.71. The molecule has 1 aromatic heterocycles. The third-order valence-electron chi connectivity index (χ3n) is 4.36. The number of carboxylic acids is 1. The number of nitrogens with one attached hydrogen (secondary N) is 1. The predicted molar refractivity (Wildman–Crippen MR) is 115 cm³/mol. The van der Waals surface area contributed by atoms with Crippen molar-refractivity contribution >= 4 is 57.8 Å². The Labute approximate surface area is 189 Å². The van der Waals surface area contributed by atoms with Crippen molar-refractivity contribution in [1.82, 2.24) is 15.2 Å². The number of β-lactam (4-membered cyclic amide) rings is 1. The molecule has 1 saturated heterocycles. The lowest BCUT2D eigenvalue weighted by Gasteiger charge is -2.49. The second-order valence-electron chi connectivity index (χ2n) is 6.57. The highest BCUT2D eigenvalue weighted by molar-refractivity contribution is 8.00. The zero-order valence-electron chi connectivity index (χ0n) is 16.8. The number of amides is 3. The number of nitrogen functional groups attached to an aromatic ring is 1. The van der Waals surface area contributed by atoms with Crippen LogP contribution in [-0.2, 0) is 24.0 Å². The predicted octanol–water partition coefficient (Wildman–Crippen LogP) is -0.310. The number of thiazole rings is 1. The first-order chi connectivity index (χ1) is 15.2. The highest BCUT2D eigenvalue weighted by atomic mass is 32.2. The summed E-state index contributed by atoms with van der Waals surface area (Å²) in [7, 11) is 0. The Hall–Kier alpha value is -3.33. The van der Waals surface area contributed by atoms with Gasteiger partial charge in [0.2, 0.25) is 0 Å². The molecule has 3 rings (SSSR count). The molecule has 0 spiro atoms. The molecule has 0 aromatic carbocycles. The Bertz CT molecular complexity index is 1010. The number of carbonyl (C=O) groups is 4. The molecule has 2 atom stereocenters. The molecule has 1 fully saturated rings. The van der Waals surface area contributed by atoms with Crippen LogP contribution in [0, 0.1) is 0 Å². The van der Waals surface area contributed by atoms with Crippen molar-refractivity contribution in [2.75, 3.05) is 24.7 Å². The van der Waals surface area contributed by atoms with Crippen molar-refractivity contribution in [1.29, 1.82) is 0 Å². The average molecular weight is 485 g/mol. The number of rotatable bonds is 9. The van der Waals surface area contributed by atoms with Crippen molar-refractivity contribution in [2.45, 2.75) is 24.8 Å². The lowest BCUT2D eigenvalue weighted by atomic mass is 10.0. The monoisotopic (exact) mass is 484 g/mol. The summed E-state index contributed by atoms with van der Waals surface area (Å²) >= 11 is 2.33. The summed E-state index contributed by atoms with van der Waals surface area (Å²) in [5, 5.41) is 17.1. The molecule has 32 heavy (non-hydrogen) atoms. The van der Waals surface area contributed by atoms with E-state index in [0.717, 1.165) is 16.2 Å². The molecule has 0 saturated carbocycles. The smallest absolute Gasteiger partial charge is 0.404 e. The van der Waals surface area contributed by atoms with Gasteiger partial charge in [0.1, 0.15) is 36.0 Å². The van der Waals surface area contributed by atoms with Gasteiger partial charge >= 0.3 is 12.1 Å². The Morgan fingerprint density at radius 3 is 2.78 bits per heavy atom. The maximum Gasteiger partial charge on any atom is 0.404 e. The van der Waals surface area contributed by atoms with E-state index in [9.17, 15) is 24.3 Å². The molecule has 2 aliphatic rings. The van der Waals surface area contributed by atoms with Gasteiger partial charge in [-0.2, -0.15) is 0 Å². The number of nitrogens with zero attached hydrogens (tertiary/aromatic N) is 3. The average Bonchev–Trinajstić information content (AvgIpc) is 3.18. The van der Waals surface area contributed by atoms with E-state index in [1.165, 1.54) is 17.1 Å². The number of oxime groups is 1. The van der Waals surface area contributed by atoms with Crippen LogP contribution in [0.25, 0.3) is 0 Å². The quantitative estimate of drug-likeness (QED) is 0.156. The first kappa shape index (κ1) is 23.3. The van der Waals surface area contributed by atoms with E-state index in [-0.39, 0.29) is 46.8 Å². The van der Waals surface area contributed by atoms with Gasteiger partial charge in [0, 0.05) is 16.7 Å². The van der Waals surface area contributed by atoms with Crippen molar-refractivity contribution in [3.8, 4) is 0 Å². The van der Waals surface area contributed by atoms with Gasteiger partial charge in [0.05, 0.1) is 0 Å². The number of nitrogens with two attached hydrogens (primary N) is 2. The van der Waals surface area contributed by atoms with Gasteiger partial charge < -0.3 is 31.5 Å². The third-order valence-corrected chi connectivity index (χ3v) is 6.37. The van der Waals surface area contributed by atoms with Gasteiger partial charge in [-0.15, -0.1) is 23.1 Å². The molecule has 0 bridgehead atoms.